The average Bonchev–Trinajstić information content (AvgIpc) is 2.62. The van der Waals surface area contributed by atoms with E-state index in [-0.39, 0.29) is 0 Å². The van der Waals surface area contributed by atoms with Gasteiger partial charge in [0.1, 0.15) is 0 Å². The Hall–Kier alpha value is -2.11. The van der Waals surface area contributed by atoms with Gasteiger partial charge in [-0.1, -0.05) is 26.7 Å². The van der Waals surface area contributed by atoms with E-state index in [4.69, 9.17) is 14.2 Å². The summed E-state index contributed by atoms with van der Waals surface area (Å²) in [6.07, 6.45) is 3.64. The number of nitrogens with one attached hydrogen (secondary N) is 2. The van der Waals surface area contributed by atoms with Crippen LogP contribution in [-0.4, -0.2) is 40.9 Å². The quantitative estimate of drug-likeness (QED) is 0.385. The number of methoxy groups -OCH3 is 3. The van der Waals surface area contributed by atoms with Gasteiger partial charge < -0.3 is 24.8 Å². The van der Waals surface area contributed by atoms with Crippen LogP contribution in [0.1, 0.15) is 38.7 Å². The van der Waals surface area contributed by atoms with Gasteiger partial charge in [0.2, 0.25) is 5.75 Å². The summed E-state index contributed by atoms with van der Waals surface area (Å²) in [4.78, 5) is 4.26. The summed E-state index contributed by atoms with van der Waals surface area (Å²) in [6, 6.07) is 3.87. The molecule has 0 bridgehead atoms. The molecule has 0 spiro atoms. The number of nitrogens with zero attached hydrogens (tertiary/aromatic N) is 1. The molecule has 0 fully saturated rings. The SMILES string of the molecule is CN=C(NCCCCC(C)C)NCc1cc(OC)c(OC)c(OC)c1. The van der Waals surface area contributed by atoms with Gasteiger partial charge in [-0.25, -0.2) is 0 Å². The minimum absolute atomic E-state index is 0.599. The minimum atomic E-state index is 0.599. The van der Waals surface area contributed by atoms with E-state index in [9.17, 15) is 0 Å². The fourth-order valence-corrected chi connectivity index (χ4v) is 2.53. The van der Waals surface area contributed by atoms with E-state index >= 15 is 0 Å². The van der Waals surface area contributed by atoms with Crippen LogP contribution in [0.5, 0.6) is 17.2 Å². The van der Waals surface area contributed by atoms with Crippen LogP contribution < -0.4 is 24.8 Å². The van der Waals surface area contributed by atoms with Crippen molar-refractivity contribution in [2.24, 2.45) is 10.9 Å². The molecule has 1 aromatic rings. The van der Waals surface area contributed by atoms with E-state index in [0.29, 0.717) is 23.8 Å². The molecule has 0 saturated carbocycles. The molecule has 6 nitrogen and oxygen atoms in total. The van der Waals surface area contributed by atoms with Gasteiger partial charge >= 0.3 is 0 Å². The van der Waals surface area contributed by atoms with Crippen molar-refractivity contribution in [2.75, 3.05) is 34.9 Å². The van der Waals surface area contributed by atoms with Crippen molar-refractivity contribution in [3.8, 4) is 17.2 Å². The van der Waals surface area contributed by atoms with Crippen LogP contribution in [0.4, 0.5) is 0 Å². The van der Waals surface area contributed by atoms with E-state index in [2.05, 4.69) is 29.5 Å². The van der Waals surface area contributed by atoms with Gasteiger partial charge in [0.15, 0.2) is 17.5 Å². The van der Waals surface area contributed by atoms with E-state index in [1.54, 1.807) is 28.4 Å². The van der Waals surface area contributed by atoms with Gasteiger partial charge in [0.05, 0.1) is 21.3 Å². The molecule has 0 aliphatic carbocycles. The topological polar surface area (TPSA) is 64.1 Å². The van der Waals surface area contributed by atoms with E-state index in [1.165, 1.54) is 12.8 Å². The molecule has 0 aliphatic rings. The number of aliphatic imine (C=N–C) groups is 1. The molecule has 142 valence electrons. The Bertz CT molecular complexity index is 520. The first kappa shape index (κ1) is 20.9. The Kier molecular flexibility index (Phi) is 9.58. The Morgan fingerprint density at radius 2 is 1.64 bits per heavy atom. The van der Waals surface area contributed by atoms with Crippen molar-refractivity contribution < 1.29 is 14.2 Å². The number of guanidine groups is 1. The molecule has 0 heterocycles. The fraction of sp³-hybridized carbons (Fsp3) is 0.632. The number of ether oxygens (including phenoxy) is 3. The van der Waals surface area contributed by atoms with Gasteiger partial charge in [-0.15, -0.1) is 0 Å². The molecule has 25 heavy (non-hydrogen) atoms. The summed E-state index contributed by atoms with van der Waals surface area (Å²) in [5.41, 5.74) is 1.03. The molecular formula is C19H33N3O3. The first-order chi connectivity index (χ1) is 12.0. The predicted octanol–water partition coefficient (Wildman–Crippen LogP) is 3.20. The van der Waals surface area contributed by atoms with Gasteiger partial charge in [-0.05, 0) is 30.0 Å². The van der Waals surface area contributed by atoms with Crippen molar-refractivity contribution in [3.63, 3.8) is 0 Å². The Morgan fingerprint density at radius 1 is 1.00 bits per heavy atom. The Morgan fingerprint density at radius 3 is 2.12 bits per heavy atom. The second kappa shape index (κ2) is 11.4. The van der Waals surface area contributed by atoms with Gasteiger partial charge in [-0.3, -0.25) is 4.99 Å². The second-order valence-corrected chi connectivity index (χ2v) is 6.28. The van der Waals surface area contributed by atoms with Crippen LogP contribution in [0.25, 0.3) is 0 Å². The summed E-state index contributed by atoms with van der Waals surface area (Å²) >= 11 is 0. The monoisotopic (exact) mass is 351 g/mol. The number of rotatable bonds is 10. The lowest BCUT2D eigenvalue weighted by atomic mass is 10.1. The molecule has 1 rings (SSSR count). The number of hydrogen-bond donors (Lipinski definition) is 2. The highest BCUT2D eigenvalue weighted by Crippen LogP contribution is 2.38. The highest BCUT2D eigenvalue weighted by molar-refractivity contribution is 5.79. The lowest BCUT2D eigenvalue weighted by Crippen LogP contribution is -2.37. The average molecular weight is 351 g/mol. The molecule has 6 heteroatoms. The van der Waals surface area contributed by atoms with Gasteiger partial charge in [-0.2, -0.15) is 0 Å². The highest BCUT2D eigenvalue weighted by atomic mass is 16.5. The summed E-state index contributed by atoms with van der Waals surface area (Å²) < 4.78 is 16.1. The smallest absolute Gasteiger partial charge is 0.203 e. The zero-order valence-electron chi connectivity index (χ0n) is 16.4. The van der Waals surface area contributed by atoms with Gasteiger partial charge in [0.25, 0.3) is 0 Å². The lowest BCUT2D eigenvalue weighted by Gasteiger charge is -2.16. The van der Waals surface area contributed by atoms with Crippen molar-refractivity contribution in [1.82, 2.24) is 10.6 Å². The molecule has 0 radical (unpaired) electrons. The van der Waals surface area contributed by atoms with Crippen molar-refractivity contribution in [3.05, 3.63) is 17.7 Å². The summed E-state index contributed by atoms with van der Waals surface area (Å²) in [6.45, 7) is 6.04. The third-order valence-corrected chi connectivity index (χ3v) is 3.91. The Labute approximate surface area is 152 Å². The molecular weight excluding hydrogens is 318 g/mol. The van der Waals surface area contributed by atoms with Crippen LogP contribution in [0, 0.1) is 5.92 Å². The third kappa shape index (κ3) is 7.11. The van der Waals surface area contributed by atoms with E-state index in [1.807, 2.05) is 12.1 Å². The number of hydrogen-bond acceptors (Lipinski definition) is 4. The molecule has 2 N–H and O–H groups in total. The molecule has 0 unspecified atom stereocenters. The molecule has 1 aromatic carbocycles. The summed E-state index contributed by atoms with van der Waals surface area (Å²) in [5.74, 6) is 3.45. The maximum Gasteiger partial charge on any atom is 0.203 e. The molecule has 0 atom stereocenters. The molecule has 0 aromatic heterocycles. The predicted molar refractivity (Wildman–Crippen MR) is 103 cm³/mol. The molecule has 0 saturated heterocycles. The zero-order valence-corrected chi connectivity index (χ0v) is 16.4. The number of benzene rings is 1. The van der Waals surface area contributed by atoms with Crippen LogP contribution in [-0.2, 0) is 6.54 Å². The van der Waals surface area contributed by atoms with Gasteiger partial charge in [0, 0.05) is 20.1 Å². The normalized spacial score (nSPS) is 11.4. The first-order valence-corrected chi connectivity index (χ1v) is 8.79. The fourth-order valence-electron chi connectivity index (χ4n) is 2.53. The Balaban J connectivity index is 2.57. The second-order valence-electron chi connectivity index (χ2n) is 6.28. The van der Waals surface area contributed by atoms with E-state index in [0.717, 1.165) is 30.4 Å². The van der Waals surface area contributed by atoms with Crippen LogP contribution in [0.2, 0.25) is 0 Å². The maximum atomic E-state index is 5.38. The first-order valence-electron chi connectivity index (χ1n) is 8.79. The lowest BCUT2D eigenvalue weighted by molar-refractivity contribution is 0.323. The van der Waals surface area contributed by atoms with Crippen LogP contribution in [0.3, 0.4) is 0 Å². The third-order valence-electron chi connectivity index (χ3n) is 3.91. The zero-order chi connectivity index (χ0) is 18.7. The van der Waals surface area contributed by atoms with Crippen molar-refractivity contribution in [2.45, 2.75) is 39.7 Å². The summed E-state index contributed by atoms with van der Waals surface area (Å²) in [5, 5.41) is 6.66. The molecule has 0 aliphatic heterocycles. The van der Waals surface area contributed by atoms with Crippen molar-refractivity contribution >= 4 is 5.96 Å². The van der Waals surface area contributed by atoms with Crippen LogP contribution in [0.15, 0.2) is 17.1 Å². The van der Waals surface area contributed by atoms with Crippen LogP contribution >= 0.6 is 0 Å². The minimum Gasteiger partial charge on any atom is -0.493 e. The summed E-state index contributed by atoms with van der Waals surface area (Å²) in [7, 11) is 6.61. The number of unbranched alkanes of at least 4 members (excludes halogenated alkanes) is 1. The van der Waals surface area contributed by atoms with Crippen molar-refractivity contribution in [1.29, 1.82) is 0 Å². The maximum absolute atomic E-state index is 5.38. The molecule has 0 amide bonds. The standard InChI is InChI=1S/C19H33N3O3/c1-14(2)9-7-8-10-21-19(20-3)22-13-15-11-16(23-4)18(25-6)17(12-15)24-5/h11-12,14H,7-10,13H2,1-6H3,(H2,20,21,22). The highest BCUT2D eigenvalue weighted by Gasteiger charge is 2.13. The largest absolute Gasteiger partial charge is 0.493 e. The van der Waals surface area contributed by atoms with E-state index < -0.39 is 0 Å².